The second kappa shape index (κ2) is 4.91. The molecule has 0 spiro atoms. The summed E-state index contributed by atoms with van der Waals surface area (Å²) in [7, 11) is 0. The molecule has 1 saturated heterocycles. The van der Waals surface area contributed by atoms with E-state index >= 15 is 0 Å². The van der Waals surface area contributed by atoms with Crippen LogP contribution >= 0.6 is 11.8 Å². The van der Waals surface area contributed by atoms with Gasteiger partial charge < -0.3 is 9.84 Å². The summed E-state index contributed by atoms with van der Waals surface area (Å²) in [6.45, 7) is 6.12. The molecule has 3 heteroatoms. The summed E-state index contributed by atoms with van der Waals surface area (Å²) in [6.07, 6.45) is 1.02. The molecule has 2 unspecified atom stereocenters. The van der Waals surface area contributed by atoms with Crippen LogP contribution in [-0.2, 0) is 5.60 Å². The van der Waals surface area contributed by atoms with E-state index in [2.05, 4.69) is 6.92 Å². The van der Waals surface area contributed by atoms with Gasteiger partial charge in [-0.2, -0.15) is 11.8 Å². The average Bonchev–Trinajstić information content (AvgIpc) is 2.60. The van der Waals surface area contributed by atoms with E-state index < -0.39 is 5.60 Å². The minimum atomic E-state index is -0.666. The van der Waals surface area contributed by atoms with Gasteiger partial charge in [0.1, 0.15) is 11.4 Å². The fourth-order valence-corrected chi connectivity index (χ4v) is 3.52. The second-order valence-electron chi connectivity index (χ2n) is 4.88. The van der Waals surface area contributed by atoms with E-state index in [0.29, 0.717) is 0 Å². The van der Waals surface area contributed by atoms with E-state index in [9.17, 15) is 5.11 Å². The van der Waals surface area contributed by atoms with Gasteiger partial charge >= 0.3 is 0 Å². The Labute approximate surface area is 107 Å². The van der Waals surface area contributed by atoms with Crippen molar-refractivity contribution in [1.82, 2.24) is 0 Å². The third-order valence-electron chi connectivity index (χ3n) is 3.25. The summed E-state index contributed by atoms with van der Waals surface area (Å²) in [5, 5.41) is 10.9. The SMILES string of the molecule is CC(C)Oc1ccc(C2(O)CCSC2C)cc1. The summed E-state index contributed by atoms with van der Waals surface area (Å²) < 4.78 is 5.60. The molecular formula is C14H20O2S. The van der Waals surface area contributed by atoms with E-state index in [1.807, 2.05) is 49.9 Å². The number of hydrogen-bond donors (Lipinski definition) is 1. The standard InChI is InChI=1S/C14H20O2S/c1-10(2)16-13-6-4-12(5-7-13)14(15)8-9-17-11(14)3/h4-7,10-11,15H,8-9H2,1-3H3. The molecule has 2 rings (SSSR count). The van der Waals surface area contributed by atoms with Crippen LogP contribution in [0.15, 0.2) is 24.3 Å². The Hall–Kier alpha value is -0.670. The summed E-state index contributed by atoms with van der Waals surface area (Å²) in [6, 6.07) is 7.87. The van der Waals surface area contributed by atoms with Crippen LogP contribution in [0.25, 0.3) is 0 Å². The smallest absolute Gasteiger partial charge is 0.119 e. The summed E-state index contributed by atoms with van der Waals surface area (Å²) in [5.74, 6) is 1.90. The van der Waals surface area contributed by atoms with Crippen LogP contribution in [0.3, 0.4) is 0 Å². The first-order valence-electron chi connectivity index (χ1n) is 6.13. The van der Waals surface area contributed by atoms with E-state index in [4.69, 9.17) is 4.74 Å². The zero-order chi connectivity index (χ0) is 12.5. The number of thioether (sulfide) groups is 1. The van der Waals surface area contributed by atoms with Crippen LogP contribution in [0.4, 0.5) is 0 Å². The summed E-state index contributed by atoms with van der Waals surface area (Å²) >= 11 is 1.83. The zero-order valence-corrected chi connectivity index (χ0v) is 11.5. The van der Waals surface area contributed by atoms with Crippen LogP contribution in [-0.4, -0.2) is 22.2 Å². The lowest BCUT2D eigenvalue weighted by Gasteiger charge is -2.27. The van der Waals surface area contributed by atoms with Gasteiger partial charge in [0.05, 0.1) is 6.10 Å². The Balaban J connectivity index is 2.17. The zero-order valence-electron chi connectivity index (χ0n) is 10.6. The van der Waals surface area contributed by atoms with Gasteiger partial charge in [0.15, 0.2) is 0 Å². The predicted molar refractivity (Wildman–Crippen MR) is 72.6 cm³/mol. The molecular weight excluding hydrogens is 232 g/mol. The molecule has 0 bridgehead atoms. The number of ether oxygens (including phenoxy) is 1. The van der Waals surface area contributed by atoms with Crippen molar-refractivity contribution in [3.63, 3.8) is 0 Å². The van der Waals surface area contributed by atoms with Crippen molar-refractivity contribution >= 4 is 11.8 Å². The molecule has 1 aromatic rings. The topological polar surface area (TPSA) is 29.5 Å². The first kappa shape index (κ1) is 12.8. The van der Waals surface area contributed by atoms with Crippen LogP contribution < -0.4 is 4.74 Å². The molecule has 0 aliphatic carbocycles. The predicted octanol–water partition coefficient (Wildman–Crippen LogP) is 3.19. The number of rotatable bonds is 3. The molecule has 0 saturated carbocycles. The van der Waals surface area contributed by atoms with Gasteiger partial charge in [-0.15, -0.1) is 0 Å². The lowest BCUT2D eigenvalue weighted by Crippen LogP contribution is -2.31. The van der Waals surface area contributed by atoms with E-state index in [1.54, 1.807) is 0 Å². The summed E-state index contributed by atoms with van der Waals surface area (Å²) in [4.78, 5) is 0. The first-order valence-corrected chi connectivity index (χ1v) is 7.18. The normalized spacial score (nSPS) is 28.6. The number of benzene rings is 1. The maximum absolute atomic E-state index is 10.6. The maximum Gasteiger partial charge on any atom is 0.119 e. The average molecular weight is 252 g/mol. The van der Waals surface area contributed by atoms with Gasteiger partial charge in [-0.1, -0.05) is 19.1 Å². The van der Waals surface area contributed by atoms with Crippen LogP contribution in [0, 0.1) is 0 Å². The van der Waals surface area contributed by atoms with Gasteiger partial charge in [0, 0.05) is 5.25 Å². The van der Waals surface area contributed by atoms with Crippen molar-refractivity contribution < 1.29 is 9.84 Å². The van der Waals surface area contributed by atoms with Gasteiger partial charge in [-0.25, -0.2) is 0 Å². The monoisotopic (exact) mass is 252 g/mol. The molecule has 0 radical (unpaired) electrons. The molecule has 2 nitrogen and oxygen atoms in total. The quantitative estimate of drug-likeness (QED) is 0.896. The lowest BCUT2D eigenvalue weighted by atomic mass is 9.88. The lowest BCUT2D eigenvalue weighted by molar-refractivity contribution is 0.0426. The largest absolute Gasteiger partial charge is 0.491 e. The Morgan fingerprint density at radius 2 is 2.00 bits per heavy atom. The molecule has 1 fully saturated rings. The summed E-state index contributed by atoms with van der Waals surface area (Å²) in [5.41, 5.74) is 0.340. The van der Waals surface area contributed by atoms with Gasteiger partial charge in [0.2, 0.25) is 0 Å². The highest BCUT2D eigenvalue weighted by atomic mass is 32.2. The fraction of sp³-hybridized carbons (Fsp3) is 0.571. The van der Waals surface area contributed by atoms with Gasteiger partial charge in [-0.05, 0) is 43.7 Å². The fourth-order valence-electron chi connectivity index (χ4n) is 2.21. The highest BCUT2D eigenvalue weighted by Gasteiger charge is 2.40. The Kier molecular flexibility index (Phi) is 3.69. The minimum Gasteiger partial charge on any atom is -0.491 e. The number of aliphatic hydroxyl groups is 1. The Bertz CT molecular complexity index is 374. The highest BCUT2D eigenvalue weighted by molar-refractivity contribution is 8.00. The van der Waals surface area contributed by atoms with Crippen molar-refractivity contribution in [1.29, 1.82) is 0 Å². The van der Waals surface area contributed by atoms with Crippen molar-refractivity contribution in [2.75, 3.05) is 5.75 Å². The number of hydrogen-bond acceptors (Lipinski definition) is 3. The Morgan fingerprint density at radius 1 is 1.35 bits per heavy atom. The maximum atomic E-state index is 10.6. The molecule has 17 heavy (non-hydrogen) atoms. The molecule has 1 aliphatic heterocycles. The van der Waals surface area contributed by atoms with Crippen molar-refractivity contribution in [3.05, 3.63) is 29.8 Å². The highest BCUT2D eigenvalue weighted by Crippen LogP contribution is 2.43. The van der Waals surface area contributed by atoms with Gasteiger partial charge in [0.25, 0.3) is 0 Å². The van der Waals surface area contributed by atoms with Crippen molar-refractivity contribution in [3.8, 4) is 5.75 Å². The Morgan fingerprint density at radius 3 is 2.47 bits per heavy atom. The molecule has 94 valence electrons. The van der Waals surface area contributed by atoms with Crippen LogP contribution in [0.1, 0.15) is 32.8 Å². The van der Waals surface area contributed by atoms with Crippen LogP contribution in [0.5, 0.6) is 5.75 Å². The van der Waals surface area contributed by atoms with Crippen molar-refractivity contribution in [2.45, 2.75) is 44.1 Å². The molecule has 2 atom stereocenters. The molecule has 1 aromatic carbocycles. The molecule has 1 aliphatic rings. The molecule has 0 aromatic heterocycles. The van der Waals surface area contributed by atoms with E-state index in [1.165, 1.54) is 0 Å². The van der Waals surface area contributed by atoms with E-state index in [0.717, 1.165) is 23.5 Å². The van der Waals surface area contributed by atoms with Crippen molar-refractivity contribution in [2.24, 2.45) is 0 Å². The minimum absolute atomic E-state index is 0.185. The van der Waals surface area contributed by atoms with Gasteiger partial charge in [-0.3, -0.25) is 0 Å². The molecule has 1 N–H and O–H groups in total. The van der Waals surface area contributed by atoms with E-state index in [-0.39, 0.29) is 11.4 Å². The second-order valence-corrected chi connectivity index (χ2v) is 6.33. The van der Waals surface area contributed by atoms with Crippen LogP contribution in [0.2, 0.25) is 0 Å². The third-order valence-corrected chi connectivity index (χ3v) is 4.58. The molecule has 0 amide bonds. The third kappa shape index (κ3) is 2.61. The first-order chi connectivity index (χ1) is 8.02. The molecule has 1 heterocycles.